The van der Waals surface area contributed by atoms with Gasteiger partial charge in [-0.1, -0.05) is 0 Å². The van der Waals surface area contributed by atoms with E-state index in [1.165, 1.54) is 0 Å². The van der Waals surface area contributed by atoms with Crippen molar-refractivity contribution in [3.63, 3.8) is 0 Å². The lowest BCUT2D eigenvalue weighted by atomic mass is 9.52. The molecule has 4 aliphatic rings. The lowest BCUT2D eigenvalue weighted by molar-refractivity contribution is -0.129. The van der Waals surface area contributed by atoms with Gasteiger partial charge >= 0.3 is 5.97 Å². The summed E-state index contributed by atoms with van der Waals surface area (Å²) in [6.07, 6.45) is 4.51. The number of nitrogens with one attached hydrogen (secondary N) is 3. The molecule has 6 rings (SSSR count). The van der Waals surface area contributed by atoms with Crippen molar-refractivity contribution in [2.24, 2.45) is 17.8 Å². The molecule has 2 aromatic heterocycles. The van der Waals surface area contributed by atoms with Crippen LogP contribution in [0.3, 0.4) is 0 Å². The molecule has 4 fully saturated rings. The highest BCUT2D eigenvalue weighted by molar-refractivity contribution is 5.89. The monoisotopic (exact) mass is 430 g/mol. The molecule has 31 heavy (non-hydrogen) atoms. The third-order valence-electron chi connectivity index (χ3n) is 6.81. The molecule has 10 heteroatoms. The van der Waals surface area contributed by atoms with Crippen LogP contribution in [0.1, 0.15) is 55.2 Å². The molecule has 4 saturated carbocycles. The topological polar surface area (TPSA) is 125 Å². The molecule has 0 aromatic carbocycles. The summed E-state index contributed by atoms with van der Waals surface area (Å²) in [5, 5.41) is 23.8. The number of aliphatic hydroxyl groups is 1. The van der Waals surface area contributed by atoms with Gasteiger partial charge in [0.25, 0.3) is 0 Å². The van der Waals surface area contributed by atoms with E-state index in [0.29, 0.717) is 23.6 Å². The number of carbonyl (C=O) groups excluding carboxylic acids is 1. The average molecular weight is 430 g/mol. The second-order valence-corrected chi connectivity index (χ2v) is 9.20. The first-order chi connectivity index (χ1) is 14.8. The summed E-state index contributed by atoms with van der Waals surface area (Å²) in [7, 11) is 0. The Bertz CT molecular complexity index is 995. The van der Waals surface area contributed by atoms with Gasteiger partial charge in [-0.25, -0.2) is 14.2 Å². The van der Waals surface area contributed by atoms with E-state index in [-0.39, 0.29) is 24.4 Å². The second-order valence-electron chi connectivity index (χ2n) is 9.20. The number of rotatable bonds is 6. The summed E-state index contributed by atoms with van der Waals surface area (Å²) >= 11 is 0. The van der Waals surface area contributed by atoms with E-state index in [1.54, 1.807) is 13.0 Å². The molecule has 0 aliphatic heterocycles. The van der Waals surface area contributed by atoms with Gasteiger partial charge in [-0.3, -0.25) is 5.10 Å². The van der Waals surface area contributed by atoms with Crippen LogP contribution >= 0.6 is 0 Å². The minimum Gasteiger partial charge on any atom is -0.461 e. The molecule has 2 aromatic rings. The van der Waals surface area contributed by atoms with Crippen molar-refractivity contribution in [1.29, 1.82) is 0 Å². The number of esters is 1. The molecular formula is C21H27FN6O3. The molecule has 0 spiro atoms. The zero-order chi connectivity index (χ0) is 21.8. The van der Waals surface area contributed by atoms with Crippen molar-refractivity contribution >= 4 is 23.6 Å². The van der Waals surface area contributed by atoms with Crippen LogP contribution in [-0.4, -0.2) is 49.5 Å². The number of halogens is 1. The Kier molecular flexibility index (Phi) is 4.84. The van der Waals surface area contributed by atoms with E-state index >= 15 is 4.39 Å². The van der Waals surface area contributed by atoms with Gasteiger partial charge in [0.1, 0.15) is 0 Å². The Labute approximate surface area is 179 Å². The van der Waals surface area contributed by atoms with E-state index in [2.05, 4.69) is 30.8 Å². The number of hydrogen-bond acceptors (Lipinski definition) is 8. The summed E-state index contributed by atoms with van der Waals surface area (Å²) in [5.41, 5.74) is -0.178. The van der Waals surface area contributed by atoms with Crippen molar-refractivity contribution in [2.75, 3.05) is 17.2 Å². The first kappa shape index (κ1) is 20.2. The Morgan fingerprint density at radius 1 is 1.32 bits per heavy atom. The van der Waals surface area contributed by atoms with Crippen LogP contribution in [0.15, 0.2) is 6.07 Å². The van der Waals surface area contributed by atoms with Gasteiger partial charge in [-0.05, 0) is 63.7 Å². The first-order valence-electron chi connectivity index (χ1n) is 10.9. The van der Waals surface area contributed by atoms with Crippen molar-refractivity contribution < 1.29 is 19.0 Å². The van der Waals surface area contributed by atoms with E-state index in [0.717, 1.165) is 37.8 Å². The molecule has 2 heterocycles. The van der Waals surface area contributed by atoms with Crippen molar-refractivity contribution in [1.82, 2.24) is 20.2 Å². The fourth-order valence-electron chi connectivity index (χ4n) is 5.90. The lowest BCUT2D eigenvalue weighted by Crippen LogP contribution is -2.59. The summed E-state index contributed by atoms with van der Waals surface area (Å²) in [6, 6.07) is 1.79. The standard InChI is InChI=1S/C21H27FN6O3/c1-3-31-19(29)17-15(22)18(23-14-4-10(2)27-28-14)26-20(25-17)24-16-12-5-11-6-13(16)9-21(30,7-11)8-12/h4,11-13,16,30H,3,5-9H2,1-2H3,(H3,23,24,25,26,27,28). The largest absolute Gasteiger partial charge is 0.461 e. The number of carbonyl (C=O) groups is 1. The molecule has 166 valence electrons. The zero-order valence-corrected chi connectivity index (χ0v) is 17.6. The molecule has 9 nitrogen and oxygen atoms in total. The van der Waals surface area contributed by atoms with Crippen molar-refractivity contribution in [3.05, 3.63) is 23.3 Å². The molecule has 4 aliphatic carbocycles. The van der Waals surface area contributed by atoms with E-state index < -0.39 is 23.1 Å². The predicted octanol–water partition coefficient (Wildman–Crippen LogP) is 2.92. The zero-order valence-electron chi connectivity index (χ0n) is 17.6. The molecule has 0 radical (unpaired) electrons. The quantitative estimate of drug-likeness (QED) is 0.516. The molecule has 0 amide bonds. The lowest BCUT2D eigenvalue weighted by Gasteiger charge is -2.58. The second kappa shape index (κ2) is 7.44. The molecule has 4 bridgehead atoms. The number of H-pyrrole nitrogens is 1. The minimum absolute atomic E-state index is 0.0813. The Hall–Kier alpha value is -2.75. The number of aromatic amines is 1. The van der Waals surface area contributed by atoms with Crippen LogP contribution in [0.4, 0.5) is 22.0 Å². The maximum Gasteiger partial charge on any atom is 0.360 e. The fraction of sp³-hybridized carbons (Fsp3) is 0.619. The number of hydrogen-bond donors (Lipinski definition) is 4. The molecule has 0 saturated heterocycles. The highest BCUT2D eigenvalue weighted by Crippen LogP contribution is 2.56. The highest BCUT2D eigenvalue weighted by Gasteiger charge is 2.54. The van der Waals surface area contributed by atoms with Crippen LogP contribution in [0.25, 0.3) is 0 Å². The van der Waals surface area contributed by atoms with Crippen LogP contribution in [0, 0.1) is 30.5 Å². The average Bonchev–Trinajstić information content (AvgIpc) is 3.10. The number of aromatic nitrogens is 4. The molecule has 4 N–H and O–H groups in total. The number of anilines is 3. The van der Waals surface area contributed by atoms with Crippen LogP contribution in [0.5, 0.6) is 0 Å². The third-order valence-corrected chi connectivity index (χ3v) is 6.81. The van der Waals surface area contributed by atoms with Gasteiger partial charge in [0.2, 0.25) is 5.95 Å². The minimum atomic E-state index is -0.885. The third kappa shape index (κ3) is 3.73. The molecule has 2 unspecified atom stereocenters. The maximum absolute atomic E-state index is 15.0. The highest BCUT2D eigenvalue weighted by atomic mass is 19.1. The normalized spacial score (nSPS) is 31.0. The summed E-state index contributed by atoms with van der Waals surface area (Å²) in [4.78, 5) is 20.8. The first-order valence-corrected chi connectivity index (χ1v) is 10.9. The summed E-state index contributed by atoms with van der Waals surface area (Å²) in [6.45, 7) is 3.59. The van der Waals surface area contributed by atoms with Gasteiger partial charge in [0.05, 0.1) is 12.2 Å². The van der Waals surface area contributed by atoms with Gasteiger partial charge < -0.3 is 20.5 Å². The van der Waals surface area contributed by atoms with Gasteiger partial charge in [-0.15, -0.1) is 0 Å². The maximum atomic E-state index is 15.0. The molecular weight excluding hydrogens is 403 g/mol. The van der Waals surface area contributed by atoms with E-state index in [9.17, 15) is 9.90 Å². The summed E-state index contributed by atoms with van der Waals surface area (Å²) in [5.74, 6) is -0.145. The number of nitrogens with zero attached hydrogens (tertiary/aromatic N) is 3. The van der Waals surface area contributed by atoms with Crippen molar-refractivity contribution in [3.8, 4) is 0 Å². The van der Waals surface area contributed by atoms with Gasteiger partial charge in [0, 0.05) is 17.8 Å². The van der Waals surface area contributed by atoms with Crippen LogP contribution < -0.4 is 10.6 Å². The van der Waals surface area contributed by atoms with Crippen LogP contribution in [-0.2, 0) is 4.74 Å². The predicted molar refractivity (Wildman–Crippen MR) is 110 cm³/mol. The SMILES string of the molecule is CCOC(=O)c1nc(NC2C3CC4CC2CC(O)(C4)C3)nc(Nc2cc(C)[nH]n2)c1F. The molecule has 2 atom stereocenters. The Morgan fingerprint density at radius 2 is 2.06 bits per heavy atom. The van der Waals surface area contributed by atoms with E-state index in [1.807, 2.05) is 6.92 Å². The summed E-state index contributed by atoms with van der Waals surface area (Å²) < 4.78 is 20.0. The van der Waals surface area contributed by atoms with E-state index in [4.69, 9.17) is 4.74 Å². The number of ether oxygens (including phenoxy) is 1. The number of aryl methyl sites for hydroxylation is 1. The Morgan fingerprint density at radius 3 is 2.68 bits per heavy atom. The van der Waals surface area contributed by atoms with Gasteiger partial charge in [-0.2, -0.15) is 10.1 Å². The fourth-order valence-corrected chi connectivity index (χ4v) is 5.90. The van der Waals surface area contributed by atoms with Gasteiger partial charge in [0.15, 0.2) is 23.1 Å². The Balaban J connectivity index is 1.45. The smallest absolute Gasteiger partial charge is 0.360 e. The van der Waals surface area contributed by atoms with Crippen LogP contribution in [0.2, 0.25) is 0 Å². The van der Waals surface area contributed by atoms with Crippen molar-refractivity contribution in [2.45, 2.75) is 57.6 Å².